The van der Waals surface area contributed by atoms with E-state index < -0.39 is 0 Å². The smallest absolute Gasteiger partial charge is 0.0468 e. The van der Waals surface area contributed by atoms with Crippen molar-refractivity contribution in [3.8, 4) is 0 Å². The predicted molar refractivity (Wildman–Crippen MR) is 48.6 cm³/mol. The van der Waals surface area contributed by atoms with E-state index in [-0.39, 0.29) is 6.61 Å². The second kappa shape index (κ2) is 6.62. The third-order valence-corrected chi connectivity index (χ3v) is 1.70. The van der Waals surface area contributed by atoms with Crippen molar-refractivity contribution in [3.63, 3.8) is 0 Å². The minimum absolute atomic E-state index is 0.286. The molecule has 0 heterocycles. The Kier molecular flexibility index (Phi) is 6.57. The largest absolute Gasteiger partial charge is 0.396 e. The summed E-state index contributed by atoms with van der Waals surface area (Å²) in [5, 5.41) is 12.0. The Hall–Kier alpha value is -0.0800. The van der Waals surface area contributed by atoms with Crippen molar-refractivity contribution >= 4 is 0 Å². The highest BCUT2D eigenvalue weighted by atomic mass is 16.3. The predicted octanol–water partition coefficient (Wildman–Crippen LogP) is 1.25. The summed E-state index contributed by atoms with van der Waals surface area (Å²) in [7, 11) is 0. The molecule has 0 aromatic rings. The first kappa shape index (κ1) is 10.9. The average molecular weight is 159 g/mol. The van der Waals surface area contributed by atoms with E-state index >= 15 is 0 Å². The first-order chi connectivity index (χ1) is 5.16. The van der Waals surface area contributed by atoms with E-state index in [9.17, 15) is 0 Å². The van der Waals surface area contributed by atoms with Crippen LogP contribution in [0.3, 0.4) is 0 Å². The van der Waals surface area contributed by atoms with Gasteiger partial charge in [0.25, 0.3) is 0 Å². The molecule has 0 aromatic heterocycles. The van der Waals surface area contributed by atoms with Crippen LogP contribution in [0.1, 0.15) is 27.2 Å². The van der Waals surface area contributed by atoms with Gasteiger partial charge in [-0.05, 0) is 31.3 Å². The summed E-state index contributed by atoms with van der Waals surface area (Å²) in [6.07, 6.45) is 1.22. The van der Waals surface area contributed by atoms with Crippen LogP contribution >= 0.6 is 0 Å². The molecule has 0 aliphatic carbocycles. The van der Waals surface area contributed by atoms with Gasteiger partial charge >= 0.3 is 0 Å². The Labute approximate surface area is 70.0 Å². The zero-order chi connectivity index (χ0) is 8.69. The molecule has 2 nitrogen and oxygen atoms in total. The van der Waals surface area contributed by atoms with Gasteiger partial charge in [-0.25, -0.2) is 0 Å². The van der Waals surface area contributed by atoms with Crippen molar-refractivity contribution in [1.82, 2.24) is 5.32 Å². The van der Waals surface area contributed by atoms with Crippen molar-refractivity contribution in [2.75, 3.05) is 19.7 Å². The molecular formula is C9H21NO. The van der Waals surface area contributed by atoms with Gasteiger partial charge in [-0.2, -0.15) is 0 Å². The summed E-state index contributed by atoms with van der Waals surface area (Å²) in [6.45, 7) is 8.77. The van der Waals surface area contributed by atoms with Gasteiger partial charge in [0.15, 0.2) is 0 Å². The third-order valence-electron chi connectivity index (χ3n) is 1.70. The minimum atomic E-state index is 0.286. The zero-order valence-corrected chi connectivity index (χ0v) is 7.93. The molecule has 0 unspecified atom stereocenters. The monoisotopic (exact) mass is 159 g/mol. The highest BCUT2D eigenvalue weighted by Gasteiger charge is 1.98. The van der Waals surface area contributed by atoms with Gasteiger partial charge in [-0.1, -0.05) is 20.8 Å². The Morgan fingerprint density at radius 2 is 1.91 bits per heavy atom. The number of hydrogen-bond donors (Lipinski definition) is 2. The fourth-order valence-electron chi connectivity index (χ4n) is 0.804. The minimum Gasteiger partial charge on any atom is -0.396 e. The van der Waals surface area contributed by atoms with Crippen molar-refractivity contribution in [2.24, 2.45) is 11.8 Å². The highest BCUT2D eigenvalue weighted by molar-refractivity contribution is 4.55. The standard InChI is InChI=1S/C9H21NO/c1-8(2)4-5-10-6-9(3)7-11/h8-11H,4-7H2,1-3H3/t9-/m1/s1. The highest BCUT2D eigenvalue weighted by Crippen LogP contribution is 1.96. The molecule has 0 bridgehead atoms. The van der Waals surface area contributed by atoms with Crippen LogP contribution < -0.4 is 5.32 Å². The SMILES string of the molecule is CC(C)CCNC[C@@H](C)CO. The van der Waals surface area contributed by atoms with Crippen LogP contribution in [0, 0.1) is 11.8 Å². The zero-order valence-electron chi connectivity index (χ0n) is 7.93. The van der Waals surface area contributed by atoms with Crippen molar-refractivity contribution in [3.05, 3.63) is 0 Å². The number of hydrogen-bond acceptors (Lipinski definition) is 2. The quantitative estimate of drug-likeness (QED) is 0.572. The molecule has 0 saturated heterocycles. The maximum atomic E-state index is 8.70. The number of aliphatic hydroxyl groups is 1. The lowest BCUT2D eigenvalue weighted by Gasteiger charge is -2.10. The molecular weight excluding hydrogens is 138 g/mol. The Balaban J connectivity index is 3.01. The lowest BCUT2D eigenvalue weighted by molar-refractivity contribution is 0.233. The van der Waals surface area contributed by atoms with Crippen LogP contribution in [0.5, 0.6) is 0 Å². The summed E-state index contributed by atoms with van der Waals surface area (Å²) < 4.78 is 0. The Morgan fingerprint density at radius 3 is 2.36 bits per heavy atom. The molecule has 0 spiro atoms. The van der Waals surface area contributed by atoms with Crippen LogP contribution in [0.2, 0.25) is 0 Å². The fraction of sp³-hybridized carbons (Fsp3) is 1.00. The molecule has 0 aromatic carbocycles. The third kappa shape index (κ3) is 7.82. The van der Waals surface area contributed by atoms with Crippen LogP contribution in [0.15, 0.2) is 0 Å². The number of nitrogens with one attached hydrogen (secondary N) is 1. The van der Waals surface area contributed by atoms with Gasteiger partial charge in [0.1, 0.15) is 0 Å². The Morgan fingerprint density at radius 1 is 1.27 bits per heavy atom. The van der Waals surface area contributed by atoms with E-state index in [0.29, 0.717) is 5.92 Å². The van der Waals surface area contributed by atoms with Crippen LogP contribution in [-0.2, 0) is 0 Å². The maximum absolute atomic E-state index is 8.70. The molecule has 0 aliphatic heterocycles. The Bertz CT molecular complexity index is 83.6. The fourth-order valence-corrected chi connectivity index (χ4v) is 0.804. The number of aliphatic hydroxyl groups excluding tert-OH is 1. The van der Waals surface area contributed by atoms with E-state index in [1.165, 1.54) is 6.42 Å². The van der Waals surface area contributed by atoms with Gasteiger partial charge in [-0.15, -0.1) is 0 Å². The van der Waals surface area contributed by atoms with Crippen molar-refractivity contribution < 1.29 is 5.11 Å². The van der Waals surface area contributed by atoms with Crippen molar-refractivity contribution in [2.45, 2.75) is 27.2 Å². The molecule has 11 heavy (non-hydrogen) atoms. The van der Waals surface area contributed by atoms with E-state index in [4.69, 9.17) is 5.11 Å². The van der Waals surface area contributed by atoms with Gasteiger partial charge in [0.2, 0.25) is 0 Å². The van der Waals surface area contributed by atoms with E-state index in [1.807, 2.05) is 6.92 Å². The van der Waals surface area contributed by atoms with Crippen LogP contribution in [0.4, 0.5) is 0 Å². The number of rotatable bonds is 6. The molecule has 0 aliphatic rings. The molecule has 2 N–H and O–H groups in total. The van der Waals surface area contributed by atoms with Gasteiger partial charge in [0.05, 0.1) is 0 Å². The second-order valence-corrected chi connectivity index (χ2v) is 3.67. The molecule has 68 valence electrons. The van der Waals surface area contributed by atoms with Crippen LogP contribution in [0.25, 0.3) is 0 Å². The van der Waals surface area contributed by atoms with E-state index in [1.54, 1.807) is 0 Å². The molecule has 2 heteroatoms. The second-order valence-electron chi connectivity index (χ2n) is 3.67. The van der Waals surface area contributed by atoms with E-state index in [0.717, 1.165) is 19.0 Å². The summed E-state index contributed by atoms with van der Waals surface area (Å²) in [5.41, 5.74) is 0. The molecule has 0 radical (unpaired) electrons. The summed E-state index contributed by atoms with van der Waals surface area (Å²) in [6, 6.07) is 0. The maximum Gasteiger partial charge on any atom is 0.0468 e. The summed E-state index contributed by atoms with van der Waals surface area (Å²) in [5.74, 6) is 1.16. The first-order valence-electron chi connectivity index (χ1n) is 4.48. The van der Waals surface area contributed by atoms with Gasteiger partial charge in [0, 0.05) is 6.61 Å². The topological polar surface area (TPSA) is 32.3 Å². The first-order valence-corrected chi connectivity index (χ1v) is 4.48. The lowest BCUT2D eigenvalue weighted by Crippen LogP contribution is -2.24. The molecule has 0 fully saturated rings. The molecule has 0 saturated carbocycles. The summed E-state index contributed by atoms with van der Waals surface area (Å²) >= 11 is 0. The normalized spacial score (nSPS) is 13.9. The molecule has 1 atom stereocenters. The molecule has 0 rings (SSSR count). The van der Waals surface area contributed by atoms with E-state index in [2.05, 4.69) is 19.2 Å². The van der Waals surface area contributed by atoms with Crippen LogP contribution in [-0.4, -0.2) is 24.8 Å². The van der Waals surface area contributed by atoms with Crippen molar-refractivity contribution in [1.29, 1.82) is 0 Å². The van der Waals surface area contributed by atoms with Gasteiger partial charge < -0.3 is 10.4 Å². The lowest BCUT2D eigenvalue weighted by atomic mass is 10.1. The average Bonchev–Trinajstić information content (AvgIpc) is 1.97. The molecule has 0 amide bonds. The summed E-state index contributed by atoms with van der Waals surface area (Å²) in [4.78, 5) is 0. The van der Waals surface area contributed by atoms with Gasteiger partial charge in [-0.3, -0.25) is 0 Å².